The molecule has 80 valence electrons. The molecule has 0 amide bonds. The van der Waals surface area contributed by atoms with Crippen molar-refractivity contribution < 1.29 is 14.6 Å². The molecule has 0 aromatic heterocycles. The lowest BCUT2D eigenvalue weighted by Crippen LogP contribution is -1.92. The molecule has 0 aliphatic heterocycles. The molecule has 1 aromatic carbocycles. The molecule has 0 atom stereocenters. The summed E-state index contributed by atoms with van der Waals surface area (Å²) in [7, 11) is 3.04. The van der Waals surface area contributed by atoms with Crippen LogP contribution in [0.4, 0.5) is 5.69 Å². The molecule has 0 fully saturated rings. The fraction of sp³-hybridized carbons (Fsp3) is 0.182. The first-order chi connectivity index (χ1) is 7.13. The van der Waals surface area contributed by atoms with E-state index >= 15 is 0 Å². The number of aliphatic hydroxyl groups excluding tert-OH is 1. The topological polar surface area (TPSA) is 51.0 Å². The molecule has 0 saturated carbocycles. The van der Waals surface area contributed by atoms with Gasteiger partial charge < -0.3 is 14.6 Å². The van der Waals surface area contributed by atoms with Crippen LogP contribution < -0.4 is 9.47 Å². The van der Waals surface area contributed by atoms with E-state index < -0.39 is 0 Å². The minimum atomic E-state index is -0.0849. The number of hydrogen-bond acceptors (Lipinski definition) is 4. The second-order valence-electron chi connectivity index (χ2n) is 2.83. The van der Waals surface area contributed by atoms with Crippen molar-refractivity contribution in [1.82, 2.24) is 0 Å². The Kier molecular flexibility index (Phi) is 3.33. The van der Waals surface area contributed by atoms with E-state index in [0.29, 0.717) is 22.7 Å². The van der Waals surface area contributed by atoms with Crippen LogP contribution in [0, 0.1) is 0 Å². The zero-order valence-corrected chi connectivity index (χ0v) is 8.78. The number of benzene rings is 1. The molecule has 15 heavy (non-hydrogen) atoms. The summed E-state index contributed by atoms with van der Waals surface area (Å²) >= 11 is 0. The maximum absolute atomic E-state index is 9.34. The Bertz CT molecular complexity index is 399. The van der Waals surface area contributed by atoms with Crippen LogP contribution >= 0.6 is 0 Å². The highest BCUT2D eigenvalue weighted by Gasteiger charge is 2.11. The van der Waals surface area contributed by atoms with Gasteiger partial charge in [-0.25, -0.2) is 0 Å². The lowest BCUT2D eigenvalue weighted by atomic mass is 10.1. The van der Waals surface area contributed by atoms with E-state index in [1.807, 2.05) is 0 Å². The van der Waals surface area contributed by atoms with E-state index in [4.69, 9.17) is 9.47 Å². The highest BCUT2D eigenvalue weighted by molar-refractivity contribution is 5.73. The highest BCUT2D eigenvalue weighted by atomic mass is 16.5. The van der Waals surface area contributed by atoms with Crippen molar-refractivity contribution in [2.45, 2.75) is 0 Å². The molecule has 4 heteroatoms. The van der Waals surface area contributed by atoms with Gasteiger partial charge in [-0.2, -0.15) is 0 Å². The van der Waals surface area contributed by atoms with E-state index in [2.05, 4.69) is 18.3 Å². The molecular weight excluding hydrogens is 194 g/mol. The zero-order chi connectivity index (χ0) is 11.4. The minimum Gasteiger partial charge on any atom is -0.508 e. The van der Waals surface area contributed by atoms with Crippen molar-refractivity contribution in [2.24, 2.45) is 4.99 Å². The number of hydrogen-bond donors (Lipinski definition) is 1. The number of nitrogens with zero attached hydrogens (tertiary/aromatic N) is 1. The van der Waals surface area contributed by atoms with Crippen LogP contribution in [0.2, 0.25) is 0 Å². The van der Waals surface area contributed by atoms with Crippen LogP contribution in [-0.4, -0.2) is 26.0 Å². The molecule has 0 saturated heterocycles. The maximum atomic E-state index is 9.34. The van der Waals surface area contributed by atoms with E-state index in [9.17, 15) is 5.11 Å². The summed E-state index contributed by atoms with van der Waals surface area (Å²) in [6, 6.07) is 3.23. The lowest BCUT2D eigenvalue weighted by molar-refractivity contribution is 0.354. The Morgan fingerprint density at radius 3 is 2.20 bits per heavy atom. The van der Waals surface area contributed by atoms with Crippen molar-refractivity contribution in [2.75, 3.05) is 14.2 Å². The lowest BCUT2D eigenvalue weighted by Gasteiger charge is -2.11. The Balaban J connectivity index is 3.40. The largest absolute Gasteiger partial charge is 0.508 e. The second kappa shape index (κ2) is 4.50. The Hall–Kier alpha value is -1.97. The highest BCUT2D eigenvalue weighted by Crippen LogP contribution is 2.36. The summed E-state index contributed by atoms with van der Waals surface area (Å²) in [5, 5.41) is 9.34. The molecule has 1 N–H and O–H groups in total. The van der Waals surface area contributed by atoms with E-state index in [1.54, 1.807) is 12.1 Å². The van der Waals surface area contributed by atoms with Gasteiger partial charge in [0.1, 0.15) is 5.76 Å². The van der Waals surface area contributed by atoms with Gasteiger partial charge in [0.2, 0.25) is 0 Å². The maximum Gasteiger partial charge on any atom is 0.162 e. The number of methoxy groups -OCH3 is 2. The molecule has 1 aromatic rings. The Morgan fingerprint density at radius 1 is 1.27 bits per heavy atom. The van der Waals surface area contributed by atoms with Crippen molar-refractivity contribution in [3.63, 3.8) is 0 Å². The van der Waals surface area contributed by atoms with Crippen LogP contribution in [0.15, 0.2) is 23.7 Å². The summed E-state index contributed by atoms with van der Waals surface area (Å²) in [5.41, 5.74) is 0.975. The summed E-state index contributed by atoms with van der Waals surface area (Å²) in [5.74, 6) is 0.957. The van der Waals surface area contributed by atoms with E-state index in [-0.39, 0.29) is 5.76 Å². The molecule has 0 spiro atoms. The predicted octanol–water partition coefficient (Wildman–Crippen LogP) is 2.56. The van der Waals surface area contributed by atoms with Gasteiger partial charge >= 0.3 is 0 Å². The normalized spacial score (nSPS) is 9.47. The van der Waals surface area contributed by atoms with Gasteiger partial charge in [0.05, 0.1) is 19.9 Å². The average Bonchev–Trinajstić information content (AvgIpc) is 2.26. The van der Waals surface area contributed by atoms with Crippen LogP contribution in [-0.2, 0) is 0 Å². The summed E-state index contributed by atoms with van der Waals surface area (Å²) in [6.07, 6.45) is 0. The standard InChI is InChI=1S/C11H13NO3/c1-7(13)8-5-10(14-3)11(15-4)6-9(8)12-2/h5-6,13H,1-2H2,3-4H3. The Labute approximate surface area is 88.5 Å². The van der Waals surface area contributed by atoms with Crippen LogP contribution in [0.5, 0.6) is 11.5 Å². The van der Waals surface area contributed by atoms with Crippen molar-refractivity contribution in [3.8, 4) is 11.5 Å². The fourth-order valence-corrected chi connectivity index (χ4v) is 1.23. The van der Waals surface area contributed by atoms with Gasteiger partial charge in [-0.3, -0.25) is 4.99 Å². The van der Waals surface area contributed by atoms with Gasteiger partial charge in [-0.05, 0) is 12.8 Å². The van der Waals surface area contributed by atoms with Crippen molar-refractivity contribution >= 4 is 18.2 Å². The summed E-state index contributed by atoms with van der Waals surface area (Å²) < 4.78 is 10.2. The molecule has 0 heterocycles. The van der Waals surface area contributed by atoms with Gasteiger partial charge in [-0.1, -0.05) is 6.58 Å². The van der Waals surface area contributed by atoms with Crippen LogP contribution in [0.1, 0.15) is 5.56 Å². The van der Waals surface area contributed by atoms with Gasteiger partial charge in [0.15, 0.2) is 11.5 Å². The molecule has 0 bridgehead atoms. The fourth-order valence-electron chi connectivity index (χ4n) is 1.23. The summed E-state index contributed by atoms with van der Waals surface area (Å²) in [6.45, 7) is 6.84. The number of aliphatic imine (C=N–C) groups is 1. The van der Waals surface area contributed by atoms with Gasteiger partial charge in [0, 0.05) is 11.6 Å². The van der Waals surface area contributed by atoms with Gasteiger partial charge in [0.25, 0.3) is 0 Å². The van der Waals surface area contributed by atoms with Crippen LogP contribution in [0.3, 0.4) is 0 Å². The first-order valence-electron chi connectivity index (χ1n) is 4.25. The molecule has 0 unspecified atom stereocenters. The number of aliphatic hydroxyl groups is 1. The average molecular weight is 207 g/mol. The molecule has 0 aliphatic rings. The third kappa shape index (κ3) is 2.10. The third-order valence-electron chi connectivity index (χ3n) is 1.98. The molecular formula is C11H13NO3. The first-order valence-corrected chi connectivity index (χ1v) is 4.25. The van der Waals surface area contributed by atoms with Crippen molar-refractivity contribution in [1.29, 1.82) is 0 Å². The SMILES string of the molecule is C=Nc1cc(OC)c(OC)cc1C(=C)O. The van der Waals surface area contributed by atoms with Crippen molar-refractivity contribution in [3.05, 3.63) is 24.3 Å². The minimum absolute atomic E-state index is 0.0849. The van der Waals surface area contributed by atoms with E-state index in [0.717, 1.165) is 0 Å². The molecule has 1 rings (SSSR count). The molecule has 4 nitrogen and oxygen atoms in total. The number of rotatable bonds is 4. The summed E-state index contributed by atoms with van der Waals surface area (Å²) in [4.78, 5) is 3.77. The first kappa shape index (κ1) is 11.1. The smallest absolute Gasteiger partial charge is 0.162 e. The monoisotopic (exact) mass is 207 g/mol. The Morgan fingerprint density at radius 2 is 1.80 bits per heavy atom. The van der Waals surface area contributed by atoms with Crippen LogP contribution in [0.25, 0.3) is 5.76 Å². The third-order valence-corrected chi connectivity index (χ3v) is 1.98. The predicted molar refractivity (Wildman–Crippen MR) is 60.4 cm³/mol. The molecule has 0 aliphatic carbocycles. The van der Waals surface area contributed by atoms with E-state index in [1.165, 1.54) is 14.2 Å². The number of ether oxygens (including phenoxy) is 2. The second-order valence-corrected chi connectivity index (χ2v) is 2.83. The van der Waals surface area contributed by atoms with Gasteiger partial charge in [-0.15, -0.1) is 0 Å². The quantitative estimate of drug-likeness (QED) is 0.609. The molecule has 0 radical (unpaired) electrons. The zero-order valence-electron chi connectivity index (χ0n) is 8.78.